The second-order valence-electron chi connectivity index (χ2n) is 9.84. The molecule has 0 amide bonds. The number of carboxylic acid groups (broad SMARTS) is 1. The summed E-state index contributed by atoms with van der Waals surface area (Å²) in [5, 5.41) is 14.3. The standard InChI is InChI=1S/C28H32BrF2N3O5S/c1-3-39-28(37)25-22(13-34-12-18(31)10-19(34)14-38-15-24(35)36)32-27(23-7-4-16(2)8-9-40-23)33-26(25)20-6-5-17(30)11-21(20)29/h5-9,11,16,18-19,26H,3-4,10,12-15H2,1-2H3,(H,32,33)(H,35,36)/t16?,18?,19?,26-/m0/s1. The Morgan fingerprint density at radius 3 is 2.88 bits per heavy atom. The first kappa shape index (κ1) is 30.4. The lowest BCUT2D eigenvalue weighted by Gasteiger charge is -2.32. The Labute approximate surface area is 244 Å². The molecule has 1 aromatic rings. The summed E-state index contributed by atoms with van der Waals surface area (Å²) in [6.45, 7) is 3.75. The van der Waals surface area contributed by atoms with E-state index in [1.165, 1.54) is 23.9 Å². The van der Waals surface area contributed by atoms with E-state index < -0.39 is 36.6 Å². The van der Waals surface area contributed by atoms with Crippen molar-refractivity contribution in [1.82, 2.24) is 10.2 Å². The average molecular weight is 641 g/mol. The van der Waals surface area contributed by atoms with Gasteiger partial charge in [-0.05, 0) is 48.8 Å². The van der Waals surface area contributed by atoms with Gasteiger partial charge in [-0.2, -0.15) is 0 Å². The van der Waals surface area contributed by atoms with E-state index in [1.807, 2.05) is 10.3 Å². The van der Waals surface area contributed by atoms with Crippen molar-refractivity contribution in [3.63, 3.8) is 0 Å². The van der Waals surface area contributed by atoms with E-state index in [0.29, 0.717) is 27.5 Å². The molecule has 40 heavy (non-hydrogen) atoms. The molecule has 1 fully saturated rings. The molecule has 0 spiro atoms. The molecule has 0 aromatic heterocycles. The summed E-state index contributed by atoms with van der Waals surface area (Å²) in [6, 6.07) is 3.01. The number of allylic oxidation sites excluding steroid dienone is 2. The monoisotopic (exact) mass is 639 g/mol. The fourth-order valence-corrected chi connectivity index (χ4v) is 6.31. The first-order chi connectivity index (χ1) is 19.2. The number of nitrogens with one attached hydrogen (secondary N) is 1. The third-order valence-corrected chi connectivity index (χ3v) is 8.36. The molecule has 0 aliphatic carbocycles. The first-order valence-electron chi connectivity index (χ1n) is 13.1. The molecule has 0 saturated carbocycles. The third kappa shape index (κ3) is 7.59. The number of rotatable bonds is 10. The highest BCUT2D eigenvalue weighted by molar-refractivity contribution is 9.10. The number of benzene rings is 1. The predicted molar refractivity (Wildman–Crippen MR) is 153 cm³/mol. The molecule has 216 valence electrons. The van der Waals surface area contributed by atoms with Crippen molar-refractivity contribution in [2.45, 2.75) is 44.9 Å². The predicted octanol–water partition coefficient (Wildman–Crippen LogP) is 5.13. The molecule has 0 bridgehead atoms. The minimum absolute atomic E-state index is 0.0340. The number of carbonyl (C=O) groups is 2. The maximum Gasteiger partial charge on any atom is 0.338 e. The van der Waals surface area contributed by atoms with Gasteiger partial charge in [0.2, 0.25) is 0 Å². The van der Waals surface area contributed by atoms with Crippen molar-refractivity contribution >= 4 is 45.5 Å². The Kier molecular flexibility index (Phi) is 10.6. The minimum atomic E-state index is -1.13. The number of carboxylic acids is 1. The number of nitrogens with zero attached hydrogens (tertiary/aromatic N) is 2. The number of hydrogen-bond acceptors (Lipinski definition) is 8. The SMILES string of the molecule is CCOC(=O)C1=C(CN2CC(F)CC2COCC(=O)O)NC(C2=CCC(C)C=CS2)=N[C@H]1c1ccc(F)cc1Br. The Bertz CT molecular complexity index is 1250. The zero-order valence-electron chi connectivity index (χ0n) is 22.2. The first-order valence-corrected chi connectivity index (χ1v) is 14.7. The molecule has 12 heteroatoms. The molecule has 1 aromatic carbocycles. The second-order valence-corrected chi connectivity index (χ2v) is 11.6. The van der Waals surface area contributed by atoms with Crippen LogP contribution in [0.4, 0.5) is 8.78 Å². The quantitative estimate of drug-likeness (QED) is 0.340. The zero-order valence-corrected chi connectivity index (χ0v) is 24.6. The Morgan fingerprint density at radius 1 is 1.35 bits per heavy atom. The van der Waals surface area contributed by atoms with E-state index >= 15 is 0 Å². The lowest BCUT2D eigenvalue weighted by molar-refractivity contribution is -0.143. The van der Waals surface area contributed by atoms with Gasteiger partial charge in [-0.25, -0.2) is 18.4 Å². The van der Waals surface area contributed by atoms with E-state index in [9.17, 15) is 18.4 Å². The van der Waals surface area contributed by atoms with Gasteiger partial charge < -0.3 is 19.9 Å². The number of hydrogen-bond donors (Lipinski definition) is 2. The molecule has 8 nitrogen and oxygen atoms in total. The molecule has 3 heterocycles. The van der Waals surface area contributed by atoms with Crippen LogP contribution in [0.1, 0.15) is 38.3 Å². The van der Waals surface area contributed by atoms with Crippen LogP contribution in [-0.4, -0.2) is 72.9 Å². The van der Waals surface area contributed by atoms with Crippen LogP contribution < -0.4 is 5.32 Å². The van der Waals surface area contributed by atoms with Gasteiger partial charge in [0, 0.05) is 34.2 Å². The van der Waals surface area contributed by atoms with Crippen molar-refractivity contribution < 1.29 is 33.0 Å². The summed E-state index contributed by atoms with van der Waals surface area (Å²) >= 11 is 4.95. The number of ether oxygens (including phenoxy) is 2. The maximum absolute atomic E-state index is 14.6. The molecule has 2 N–H and O–H groups in total. The lowest BCUT2D eigenvalue weighted by Crippen LogP contribution is -2.42. The van der Waals surface area contributed by atoms with E-state index in [4.69, 9.17) is 19.6 Å². The maximum atomic E-state index is 14.6. The highest BCUT2D eigenvalue weighted by Gasteiger charge is 2.38. The summed E-state index contributed by atoms with van der Waals surface area (Å²) in [4.78, 5) is 32.0. The molecule has 3 aliphatic heterocycles. The van der Waals surface area contributed by atoms with Crippen LogP contribution in [0.25, 0.3) is 0 Å². The fraction of sp³-hybridized carbons (Fsp3) is 0.464. The molecule has 0 radical (unpaired) electrons. The molecule has 1 saturated heterocycles. The average Bonchev–Trinajstić information content (AvgIpc) is 3.08. The fourth-order valence-electron chi connectivity index (χ4n) is 4.84. The number of esters is 1. The molecule has 3 unspecified atom stereocenters. The number of alkyl halides is 1. The molecular formula is C28H32BrF2N3O5S. The van der Waals surface area contributed by atoms with Crippen molar-refractivity contribution in [2.24, 2.45) is 10.9 Å². The summed E-state index contributed by atoms with van der Waals surface area (Å²) in [6.07, 6.45) is 4.04. The van der Waals surface area contributed by atoms with E-state index in [1.54, 1.807) is 13.0 Å². The summed E-state index contributed by atoms with van der Waals surface area (Å²) in [7, 11) is 0. The van der Waals surface area contributed by atoms with E-state index in [-0.39, 0.29) is 44.3 Å². The Hall–Kier alpha value is -2.54. The zero-order chi connectivity index (χ0) is 28.8. The Balaban J connectivity index is 1.76. The van der Waals surface area contributed by atoms with Crippen molar-refractivity contribution in [3.8, 4) is 0 Å². The number of thioether (sulfide) groups is 1. The van der Waals surface area contributed by atoms with Crippen LogP contribution in [0.3, 0.4) is 0 Å². The van der Waals surface area contributed by atoms with Crippen LogP contribution in [0.5, 0.6) is 0 Å². The van der Waals surface area contributed by atoms with Gasteiger partial charge in [-0.1, -0.05) is 52.8 Å². The molecular weight excluding hydrogens is 608 g/mol. The van der Waals surface area contributed by atoms with Gasteiger partial charge in [0.05, 0.1) is 18.8 Å². The number of amidine groups is 1. The lowest BCUT2D eigenvalue weighted by atomic mass is 9.95. The largest absolute Gasteiger partial charge is 0.480 e. The summed E-state index contributed by atoms with van der Waals surface area (Å²) in [5.41, 5.74) is 1.31. The van der Waals surface area contributed by atoms with Gasteiger partial charge in [-0.15, -0.1) is 0 Å². The van der Waals surface area contributed by atoms with E-state index in [0.717, 1.165) is 11.3 Å². The van der Waals surface area contributed by atoms with Crippen LogP contribution in [0.2, 0.25) is 0 Å². The van der Waals surface area contributed by atoms with Gasteiger partial charge in [0.1, 0.15) is 30.5 Å². The topological polar surface area (TPSA) is 100 Å². The smallest absolute Gasteiger partial charge is 0.338 e. The van der Waals surface area contributed by atoms with Gasteiger partial charge in [0.25, 0.3) is 0 Å². The van der Waals surface area contributed by atoms with Crippen molar-refractivity contribution in [1.29, 1.82) is 0 Å². The number of carbonyl (C=O) groups excluding carboxylic acids is 1. The molecule has 4 atom stereocenters. The van der Waals surface area contributed by atoms with E-state index in [2.05, 4.69) is 40.3 Å². The van der Waals surface area contributed by atoms with Crippen LogP contribution >= 0.6 is 27.7 Å². The third-order valence-electron chi connectivity index (χ3n) is 6.76. The normalized spacial score (nSPS) is 25.2. The van der Waals surface area contributed by atoms with Crippen LogP contribution in [-0.2, 0) is 19.1 Å². The number of halogens is 3. The second kappa shape index (κ2) is 13.9. The highest BCUT2D eigenvalue weighted by atomic mass is 79.9. The summed E-state index contributed by atoms with van der Waals surface area (Å²) < 4.78 is 39.8. The van der Waals surface area contributed by atoms with Crippen LogP contribution in [0.15, 0.2) is 61.4 Å². The van der Waals surface area contributed by atoms with Crippen molar-refractivity contribution in [2.75, 3.05) is 32.9 Å². The minimum Gasteiger partial charge on any atom is -0.480 e. The van der Waals surface area contributed by atoms with Gasteiger partial charge >= 0.3 is 11.9 Å². The molecule has 4 rings (SSSR count). The molecule has 3 aliphatic rings. The van der Waals surface area contributed by atoms with Gasteiger partial charge in [-0.3, -0.25) is 9.89 Å². The van der Waals surface area contributed by atoms with Gasteiger partial charge in [0.15, 0.2) is 0 Å². The van der Waals surface area contributed by atoms with Crippen molar-refractivity contribution in [3.05, 3.63) is 67.8 Å². The Morgan fingerprint density at radius 2 is 2.15 bits per heavy atom. The number of aliphatic imine (C=N–C) groups is 1. The summed E-state index contributed by atoms with van der Waals surface area (Å²) in [5.74, 6) is -1.23. The number of likely N-dealkylation sites (tertiary alicyclic amines) is 1. The highest BCUT2D eigenvalue weighted by Crippen LogP contribution is 2.39. The number of aliphatic carboxylic acids is 1. The van der Waals surface area contributed by atoms with Crippen LogP contribution in [0, 0.1) is 11.7 Å².